The van der Waals surface area contributed by atoms with E-state index in [-0.39, 0.29) is 21.7 Å². The molecule has 1 N–H and O–H groups in total. The molecule has 0 saturated carbocycles. The zero-order valence-corrected chi connectivity index (χ0v) is 20.6. The molecule has 0 fully saturated rings. The molecule has 0 bridgehead atoms. The zero-order chi connectivity index (χ0) is 23.4. The summed E-state index contributed by atoms with van der Waals surface area (Å²) in [7, 11) is -2.25. The first kappa shape index (κ1) is 23.1. The Bertz CT molecular complexity index is 1330. The minimum atomic E-state index is -3.88. The molecule has 0 spiro atoms. The number of anilines is 1. The number of benzene rings is 3. The van der Waals surface area contributed by atoms with Crippen molar-refractivity contribution in [3.63, 3.8) is 0 Å². The summed E-state index contributed by atoms with van der Waals surface area (Å²) in [4.78, 5) is 4.55. The van der Waals surface area contributed by atoms with Gasteiger partial charge in [-0.05, 0) is 67.4 Å². The van der Waals surface area contributed by atoms with E-state index in [1.165, 1.54) is 0 Å². The lowest BCUT2D eigenvalue weighted by Crippen LogP contribution is -2.09. The van der Waals surface area contributed by atoms with Crippen LogP contribution in [0.25, 0.3) is 11.5 Å². The Morgan fingerprint density at radius 2 is 1.64 bits per heavy atom. The van der Waals surface area contributed by atoms with Crippen LogP contribution in [0.3, 0.4) is 0 Å². The number of aryl methyl sites for hydroxylation is 1. The number of rotatable bonds is 8. The third-order valence-electron chi connectivity index (χ3n) is 5.13. The molecule has 0 atom stereocenters. The number of nitrogens with zero attached hydrogens (tertiary/aromatic N) is 1. The van der Waals surface area contributed by atoms with Crippen molar-refractivity contribution in [2.24, 2.45) is 0 Å². The van der Waals surface area contributed by atoms with Crippen LogP contribution in [0.4, 0.5) is 5.88 Å². The molecule has 0 aliphatic heterocycles. The summed E-state index contributed by atoms with van der Waals surface area (Å²) in [5, 5.41) is 3.00. The fraction of sp³-hybridized carbons (Fsp3) is 0.160. The van der Waals surface area contributed by atoms with Crippen molar-refractivity contribution in [2.75, 3.05) is 19.0 Å². The number of sulfone groups is 1. The number of hydrogen-bond acceptors (Lipinski definition) is 6. The van der Waals surface area contributed by atoms with E-state index in [0.717, 1.165) is 21.3 Å². The number of aromatic nitrogens is 1. The molecule has 4 aromatic rings. The largest absolute Gasteiger partial charge is 0.497 e. The molecule has 0 aliphatic rings. The first-order valence-corrected chi connectivity index (χ1v) is 12.6. The highest BCUT2D eigenvalue weighted by atomic mass is 79.9. The Hall–Kier alpha value is -3.10. The molecule has 0 saturated heterocycles. The number of ether oxygens (including phenoxy) is 1. The van der Waals surface area contributed by atoms with Crippen molar-refractivity contribution in [1.82, 2.24) is 4.98 Å². The number of hydrogen-bond donors (Lipinski definition) is 1. The molecule has 0 unspecified atom stereocenters. The quantitative estimate of drug-likeness (QED) is 0.307. The van der Waals surface area contributed by atoms with Gasteiger partial charge in [0.1, 0.15) is 5.75 Å². The van der Waals surface area contributed by atoms with Gasteiger partial charge in [0, 0.05) is 16.6 Å². The summed E-state index contributed by atoms with van der Waals surface area (Å²) in [6.07, 6.45) is 0.669. The van der Waals surface area contributed by atoms with E-state index in [1.807, 2.05) is 55.5 Å². The average Bonchev–Trinajstić information content (AvgIpc) is 3.25. The molecule has 1 aromatic heterocycles. The van der Waals surface area contributed by atoms with Gasteiger partial charge in [0.2, 0.25) is 26.6 Å². The van der Waals surface area contributed by atoms with Gasteiger partial charge < -0.3 is 14.5 Å². The Morgan fingerprint density at radius 3 is 2.27 bits per heavy atom. The topological polar surface area (TPSA) is 81.4 Å². The van der Waals surface area contributed by atoms with Gasteiger partial charge in [0.25, 0.3) is 0 Å². The molecule has 170 valence electrons. The zero-order valence-electron chi connectivity index (χ0n) is 18.2. The molecule has 6 nitrogen and oxygen atoms in total. The van der Waals surface area contributed by atoms with Gasteiger partial charge in [0.15, 0.2) is 0 Å². The summed E-state index contributed by atoms with van der Waals surface area (Å²) >= 11 is 3.40. The molecule has 0 radical (unpaired) electrons. The van der Waals surface area contributed by atoms with Gasteiger partial charge in [-0.3, -0.25) is 0 Å². The number of methoxy groups -OCH3 is 1. The highest BCUT2D eigenvalue weighted by Gasteiger charge is 2.28. The molecule has 0 amide bonds. The van der Waals surface area contributed by atoms with E-state index in [9.17, 15) is 8.42 Å². The van der Waals surface area contributed by atoms with Gasteiger partial charge in [-0.1, -0.05) is 45.8 Å². The number of oxazole rings is 1. The van der Waals surface area contributed by atoms with Crippen LogP contribution in [0.5, 0.6) is 5.75 Å². The summed E-state index contributed by atoms with van der Waals surface area (Å²) in [6, 6.07) is 21.8. The molecule has 33 heavy (non-hydrogen) atoms. The van der Waals surface area contributed by atoms with Crippen LogP contribution in [0, 0.1) is 6.92 Å². The van der Waals surface area contributed by atoms with Crippen LogP contribution in [0.15, 0.2) is 91.6 Å². The third-order valence-corrected chi connectivity index (χ3v) is 7.34. The second-order valence-electron chi connectivity index (χ2n) is 7.50. The highest BCUT2D eigenvalue weighted by Crippen LogP contribution is 2.33. The maximum absolute atomic E-state index is 13.4. The van der Waals surface area contributed by atoms with E-state index < -0.39 is 9.84 Å². The van der Waals surface area contributed by atoms with Gasteiger partial charge >= 0.3 is 0 Å². The van der Waals surface area contributed by atoms with E-state index in [4.69, 9.17) is 9.15 Å². The van der Waals surface area contributed by atoms with Crippen LogP contribution in [-0.2, 0) is 16.3 Å². The lowest BCUT2D eigenvalue weighted by molar-refractivity contribution is 0.414. The lowest BCUT2D eigenvalue weighted by Gasteiger charge is -2.07. The van der Waals surface area contributed by atoms with Gasteiger partial charge in [0.05, 0.1) is 12.0 Å². The Kier molecular flexibility index (Phi) is 6.85. The normalized spacial score (nSPS) is 11.4. The molecular weight excluding hydrogens is 504 g/mol. The standard InChI is InChI=1S/C25H23BrN2O4S/c1-17-3-13-22(14-4-17)33(29,30)25-24(27-16-15-18-5-11-21(31-2)12-6-18)32-23(28-25)19-7-9-20(26)10-8-19/h3-14,27H,15-16H2,1-2H3. The monoisotopic (exact) mass is 526 g/mol. The highest BCUT2D eigenvalue weighted by molar-refractivity contribution is 9.10. The van der Waals surface area contributed by atoms with Crippen LogP contribution >= 0.6 is 15.9 Å². The Labute approximate surface area is 201 Å². The Morgan fingerprint density at radius 1 is 0.970 bits per heavy atom. The first-order valence-electron chi connectivity index (χ1n) is 10.3. The Balaban J connectivity index is 1.64. The van der Waals surface area contributed by atoms with Crippen LogP contribution in [0.1, 0.15) is 11.1 Å². The molecular formula is C25H23BrN2O4S. The van der Waals surface area contributed by atoms with Crippen molar-refractivity contribution in [1.29, 1.82) is 0 Å². The van der Waals surface area contributed by atoms with E-state index >= 15 is 0 Å². The van der Waals surface area contributed by atoms with Crippen molar-refractivity contribution >= 4 is 31.7 Å². The predicted octanol–water partition coefficient (Wildman–Crippen LogP) is 5.91. The maximum Gasteiger partial charge on any atom is 0.233 e. The van der Waals surface area contributed by atoms with Crippen LogP contribution in [-0.4, -0.2) is 27.1 Å². The number of halogens is 1. The molecule has 0 aliphatic carbocycles. The fourth-order valence-electron chi connectivity index (χ4n) is 3.26. The van der Waals surface area contributed by atoms with Crippen LogP contribution in [0.2, 0.25) is 0 Å². The number of nitrogens with one attached hydrogen (secondary N) is 1. The maximum atomic E-state index is 13.4. The molecule has 1 heterocycles. The molecule has 8 heteroatoms. The molecule has 4 rings (SSSR count). The minimum Gasteiger partial charge on any atom is -0.497 e. The second-order valence-corrected chi connectivity index (χ2v) is 10.3. The van der Waals surface area contributed by atoms with Crippen molar-refractivity contribution < 1.29 is 17.6 Å². The van der Waals surface area contributed by atoms with Crippen molar-refractivity contribution in [2.45, 2.75) is 23.3 Å². The second kappa shape index (κ2) is 9.80. The summed E-state index contributed by atoms with van der Waals surface area (Å²) in [5.74, 6) is 1.15. The summed E-state index contributed by atoms with van der Waals surface area (Å²) in [6.45, 7) is 2.38. The van der Waals surface area contributed by atoms with Crippen molar-refractivity contribution in [3.8, 4) is 17.2 Å². The minimum absolute atomic E-state index is 0.126. The van der Waals surface area contributed by atoms with E-state index in [0.29, 0.717) is 18.5 Å². The lowest BCUT2D eigenvalue weighted by atomic mass is 10.1. The van der Waals surface area contributed by atoms with Gasteiger partial charge in [-0.2, -0.15) is 4.98 Å². The van der Waals surface area contributed by atoms with Gasteiger partial charge in [-0.15, -0.1) is 0 Å². The first-order chi connectivity index (χ1) is 15.9. The fourth-order valence-corrected chi connectivity index (χ4v) is 4.80. The smallest absolute Gasteiger partial charge is 0.233 e. The SMILES string of the molecule is COc1ccc(CCNc2oc(-c3ccc(Br)cc3)nc2S(=O)(=O)c2ccc(C)cc2)cc1. The predicted molar refractivity (Wildman–Crippen MR) is 131 cm³/mol. The third kappa shape index (κ3) is 5.29. The van der Waals surface area contributed by atoms with E-state index in [1.54, 1.807) is 31.4 Å². The van der Waals surface area contributed by atoms with Crippen LogP contribution < -0.4 is 10.1 Å². The summed E-state index contributed by atoms with van der Waals surface area (Å²) < 4.78 is 38.8. The van der Waals surface area contributed by atoms with Gasteiger partial charge in [-0.25, -0.2) is 8.42 Å². The summed E-state index contributed by atoms with van der Waals surface area (Å²) in [5.41, 5.74) is 2.74. The van der Waals surface area contributed by atoms with Crippen molar-refractivity contribution in [3.05, 3.63) is 88.4 Å². The molecule has 3 aromatic carbocycles. The average molecular weight is 527 g/mol. The van der Waals surface area contributed by atoms with E-state index in [2.05, 4.69) is 26.2 Å².